The third kappa shape index (κ3) is 4.28. The number of fused-ring (bicyclic) bond motifs is 1. The largest absolute Gasteiger partial charge is 0.455 e. The second kappa shape index (κ2) is 8.55. The molecular weight excluding hydrogens is 404 g/mol. The molecule has 30 heavy (non-hydrogen) atoms. The lowest BCUT2D eigenvalue weighted by Crippen LogP contribution is -2.28. The zero-order valence-corrected chi connectivity index (χ0v) is 16.8. The van der Waals surface area contributed by atoms with Crippen LogP contribution in [0.3, 0.4) is 0 Å². The van der Waals surface area contributed by atoms with Crippen LogP contribution in [-0.4, -0.2) is 30.9 Å². The van der Waals surface area contributed by atoms with Gasteiger partial charge in [0.05, 0.1) is 5.92 Å². The SMILES string of the molecule is O=C(COC(=O)[C@@H]1CC(=O)N(c2cccc(Cl)c2)C1)Nc1cccc2ccccc12. The summed E-state index contributed by atoms with van der Waals surface area (Å²) in [6.07, 6.45) is 0.0380. The Morgan fingerprint density at radius 2 is 1.83 bits per heavy atom. The third-order valence-electron chi connectivity index (χ3n) is 4.99. The lowest BCUT2D eigenvalue weighted by atomic mass is 10.1. The van der Waals surface area contributed by atoms with Gasteiger partial charge in [-0.25, -0.2) is 0 Å². The van der Waals surface area contributed by atoms with Gasteiger partial charge >= 0.3 is 5.97 Å². The molecule has 0 unspecified atom stereocenters. The van der Waals surface area contributed by atoms with Crippen molar-refractivity contribution in [3.8, 4) is 0 Å². The van der Waals surface area contributed by atoms with Crippen LogP contribution in [0.25, 0.3) is 10.8 Å². The van der Waals surface area contributed by atoms with Crippen molar-refractivity contribution in [1.29, 1.82) is 0 Å². The number of halogens is 1. The number of nitrogens with zero attached hydrogens (tertiary/aromatic N) is 1. The van der Waals surface area contributed by atoms with Gasteiger partial charge in [0, 0.05) is 34.7 Å². The van der Waals surface area contributed by atoms with E-state index in [0.717, 1.165) is 10.8 Å². The average molecular weight is 423 g/mol. The van der Waals surface area contributed by atoms with Crippen molar-refractivity contribution < 1.29 is 19.1 Å². The normalized spacial score (nSPS) is 16.0. The van der Waals surface area contributed by atoms with Crippen LogP contribution in [0.4, 0.5) is 11.4 Å². The highest BCUT2D eigenvalue weighted by Gasteiger charge is 2.36. The molecule has 1 fully saturated rings. The Hall–Kier alpha value is -3.38. The van der Waals surface area contributed by atoms with Crippen LogP contribution in [-0.2, 0) is 19.1 Å². The molecule has 3 aromatic carbocycles. The molecule has 1 atom stereocenters. The van der Waals surface area contributed by atoms with E-state index in [0.29, 0.717) is 16.4 Å². The van der Waals surface area contributed by atoms with Crippen molar-refractivity contribution >= 4 is 51.5 Å². The van der Waals surface area contributed by atoms with E-state index in [2.05, 4.69) is 5.32 Å². The Morgan fingerprint density at radius 1 is 1.07 bits per heavy atom. The summed E-state index contributed by atoms with van der Waals surface area (Å²) in [7, 11) is 0. The Morgan fingerprint density at radius 3 is 2.67 bits per heavy atom. The maximum Gasteiger partial charge on any atom is 0.311 e. The van der Waals surface area contributed by atoms with Gasteiger partial charge in [0.15, 0.2) is 6.61 Å². The van der Waals surface area contributed by atoms with E-state index in [9.17, 15) is 14.4 Å². The van der Waals surface area contributed by atoms with E-state index < -0.39 is 24.4 Å². The van der Waals surface area contributed by atoms with Gasteiger partial charge in [-0.3, -0.25) is 14.4 Å². The number of anilines is 2. The van der Waals surface area contributed by atoms with Crippen LogP contribution in [0.5, 0.6) is 0 Å². The first-order valence-electron chi connectivity index (χ1n) is 9.51. The predicted molar refractivity (Wildman–Crippen MR) is 115 cm³/mol. The highest BCUT2D eigenvalue weighted by atomic mass is 35.5. The molecule has 0 aromatic heterocycles. The number of ether oxygens (including phenoxy) is 1. The fraction of sp³-hybridized carbons (Fsp3) is 0.174. The van der Waals surface area contributed by atoms with Crippen LogP contribution >= 0.6 is 11.6 Å². The van der Waals surface area contributed by atoms with Crippen LogP contribution in [0.15, 0.2) is 66.7 Å². The minimum atomic E-state index is -0.623. The molecule has 1 heterocycles. The number of hydrogen-bond acceptors (Lipinski definition) is 4. The number of nitrogens with one attached hydrogen (secondary N) is 1. The fourth-order valence-electron chi connectivity index (χ4n) is 3.53. The molecule has 4 rings (SSSR count). The van der Waals surface area contributed by atoms with E-state index in [-0.39, 0.29) is 18.9 Å². The lowest BCUT2D eigenvalue weighted by molar-refractivity contribution is -0.151. The van der Waals surface area contributed by atoms with Gasteiger partial charge in [-0.2, -0.15) is 0 Å². The van der Waals surface area contributed by atoms with Crippen LogP contribution in [0, 0.1) is 5.92 Å². The summed E-state index contributed by atoms with van der Waals surface area (Å²) in [5.74, 6) is -1.81. The highest BCUT2D eigenvalue weighted by Crippen LogP contribution is 2.28. The standard InChI is InChI=1S/C23H19ClN2O4/c24-17-7-4-8-18(12-17)26-13-16(11-22(26)28)23(29)30-14-21(27)25-20-10-3-6-15-5-1-2-9-19(15)20/h1-10,12,16H,11,13-14H2,(H,25,27)/t16-/m1/s1. The Bertz CT molecular complexity index is 1130. The first-order valence-corrected chi connectivity index (χ1v) is 9.89. The summed E-state index contributed by atoms with van der Waals surface area (Å²) in [5, 5.41) is 5.18. The topological polar surface area (TPSA) is 75.7 Å². The summed E-state index contributed by atoms with van der Waals surface area (Å²) in [5.41, 5.74) is 1.29. The molecule has 0 aliphatic carbocycles. The third-order valence-corrected chi connectivity index (χ3v) is 5.22. The van der Waals surface area contributed by atoms with Gasteiger partial charge in [0.25, 0.3) is 5.91 Å². The smallest absolute Gasteiger partial charge is 0.311 e. The molecule has 0 bridgehead atoms. The monoisotopic (exact) mass is 422 g/mol. The number of benzene rings is 3. The molecule has 1 aliphatic rings. The van der Waals surface area contributed by atoms with Gasteiger partial charge in [-0.1, -0.05) is 54.1 Å². The van der Waals surface area contributed by atoms with Gasteiger partial charge in [-0.05, 0) is 29.7 Å². The van der Waals surface area contributed by atoms with Crippen LogP contribution < -0.4 is 10.2 Å². The number of esters is 1. The Balaban J connectivity index is 1.34. The molecule has 7 heteroatoms. The van der Waals surface area contributed by atoms with Gasteiger partial charge in [0.1, 0.15) is 0 Å². The average Bonchev–Trinajstić information content (AvgIpc) is 3.14. The first-order chi connectivity index (χ1) is 14.5. The van der Waals surface area contributed by atoms with E-state index in [1.54, 1.807) is 30.3 Å². The van der Waals surface area contributed by atoms with Crippen molar-refractivity contribution in [2.75, 3.05) is 23.4 Å². The number of amides is 2. The molecule has 1 N–H and O–H groups in total. The summed E-state index contributed by atoms with van der Waals surface area (Å²) in [4.78, 5) is 38.5. The minimum Gasteiger partial charge on any atom is -0.455 e. The molecule has 2 amide bonds. The van der Waals surface area contributed by atoms with E-state index in [1.807, 2.05) is 36.4 Å². The summed E-state index contributed by atoms with van der Waals surface area (Å²) in [6, 6.07) is 20.2. The maximum absolute atomic E-state index is 12.4. The first kappa shape index (κ1) is 19.9. The van der Waals surface area contributed by atoms with E-state index in [4.69, 9.17) is 16.3 Å². The van der Waals surface area contributed by atoms with Gasteiger partial charge < -0.3 is 15.0 Å². The second-order valence-electron chi connectivity index (χ2n) is 7.07. The summed E-state index contributed by atoms with van der Waals surface area (Å²) >= 11 is 5.98. The maximum atomic E-state index is 12.4. The van der Waals surface area contributed by atoms with Crippen molar-refractivity contribution in [3.05, 3.63) is 71.8 Å². The Kier molecular flexibility index (Phi) is 5.68. The number of hydrogen-bond donors (Lipinski definition) is 1. The minimum absolute atomic E-state index is 0.0380. The molecule has 152 valence electrons. The fourth-order valence-corrected chi connectivity index (χ4v) is 3.72. The molecular formula is C23H19ClN2O4. The zero-order valence-electron chi connectivity index (χ0n) is 16.0. The van der Waals surface area contributed by atoms with Gasteiger partial charge in [-0.15, -0.1) is 0 Å². The van der Waals surface area contributed by atoms with Crippen molar-refractivity contribution in [2.24, 2.45) is 5.92 Å². The highest BCUT2D eigenvalue weighted by molar-refractivity contribution is 6.31. The van der Waals surface area contributed by atoms with Crippen LogP contribution in [0.2, 0.25) is 5.02 Å². The Labute approximate surface area is 178 Å². The quantitative estimate of drug-likeness (QED) is 0.630. The van der Waals surface area contributed by atoms with E-state index in [1.165, 1.54) is 4.90 Å². The van der Waals surface area contributed by atoms with Gasteiger partial charge in [0.2, 0.25) is 5.91 Å². The summed E-state index contributed by atoms with van der Waals surface area (Å²) in [6.45, 7) is -0.215. The molecule has 0 saturated carbocycles. The van der Waals surface area contributed by atoms with Crippen molar-refractivity contribution in [3.63, 3.8) is 0 Å². The number of carbonyl (C=O) groups is 3. The molecule has 3 aromatic rings. The predicted octanol–water partition coefficient (Wildman–Crippen LogP) is 4.03. The summed E-state index contributed by atoms with van der Waals surface area (Å²) < 4.78 is 5.17. The van der Waals surface area contributed by atoms with E-state index >= 15 is 0 Å². The van der Waals surface area contributed by atoms with Crippen LogP contribution in [0.1, 0.15) is 6.42 Å². The molecule has 0 radical (unpaired) electrons. The molecule has 6 nitrogen and oxygen atoms in total. The molecule has 0 spiro atoms. The number of rotatable bonds is 5. The second-order valence-corrected chi connectivity index (χ2v) is 7.50. The lowest BCUT2D eigenvalue weighted by Gasteiger charge is -2.16. The number of carbonyl (C=O) groups excluding carboxylic acids is 3. The van der Waals surface area contributed by atoms with Crippen molar-refractivity contribution in [1.82, 2.24) is 0 Å². The molecule has 1 aliphatic heterocycles. The molecule has 1 saturated heterocycles. The van der Waals surface area contributed by atoms with Crippen molar-refractivity contribution in [2.45, 2.75) is 6.42 Å². The zero-order chi connectivity index (χ0) is 21.1.